The minimum atomic E-state index is -0.512. The number of aromatic nitrogens is 3. The molecule has 0 atom stereocenters. The van der Waals surface area contributed by atoms with Crippen LogP contribution in [0.2, 0.25) is 0 Å². The summed E-state index contributed by atoms with van der Waals surface area (Å²) < 4.78 is 8.82. The van der Waals surface area contributed by atoms with Gasteiger partial charge in [0.2, 0.25) is 5.91 Å². The number of para-hydroxylation sites is 1. The van der Waals surface area contributed by atoms with Crippen molar-refractivity contribution in [1.29, 1.82) is 0 Å². The second-order valence-electron chi connectivity index (χ2n) is 6.57. The molecule has 1 amide bonds. The quantitative estimate of drug-likeness (QED) is 0.514. The number of carbonyl (C=O) groups excluding carboxylic acids is 1. The highest BCUT2D eigenvalue weighted by Gasteiger charge is 2.15. The first-order valence-corrected chi connectivity index (χ1v) is 10.4. The summed E-state index contributed by atoms with van der Waals surface area (Å²) >= 11 is 1.33. The minimum absolute atomic E-state index is 0.222. The van der Waals surface area contributed by atoms with Crippen molar-refractivity contribution in [2.24, 2.45) is 0 Å². The summed E-state index contributed by atoms with van der Waals surface area (Å²) in [6, 6.07) is 12.3. The molecule has 2 heterocycles. The van der Waals surface area contributed by atoms with Gasteiger partial charge in [-0.05, 0) is 44.2 Å². The third-order valence-corrected chi connectivity index (χ3v) is 5.60. The maximum atomic E-state index is 12.8. The highest BCUT2D eigenvalue weighted by molar-refractivity contribution is 7.22. The molecular weight excluding hydrogens is 404 g/mol. The van der Waals surface area contributed by atoms with Crippen LogP contribution in [0, 0.1) is 0 Å². The summed E-state index contributed by atoms with van der Waals surface area (Å²) in [6.07, 6.45) is 0. The Kier molecular flexibility index (Phi) is 5.37. The third kappa shape index (κ3) is 3.59. The average Bonchev–Trinajstić information content (AvgIpc) is 3.13. The number of nitrogens with one attached hydrogen (secondary N) is 1. The molecule has 0 bridgehead atoms. The zero-order valence-corrected chi connectivity index (χ0v) is 17.4. The van der Waals surface area contributed by atoms with Gasteiger partial charge in [-0.1, -0.05) is 23.5 Å². The van der Waals surface area contributed by atoms with Gasteiger partial charge in [-0.25, -0.2) is 9.78 Å². The molecule has 2 aromatic heterocycles. The van der Waals surface area contributed by atoms with Crippen LogP contribution in [0.3, 0.4) is 0 Å². The average molecular weight is 424 g/mol. The summed E-state index contributed by atoms with van der Waals surface area (Å²) in [5.41, 5.74) is 0.312. The fourth-order valence-corrected chi connectivity index (χ4v) is 4.23. The van der Waals surface area contributed by atoms with Crippen molar-refractivity contribution in [1.82, 2.24) is 14.1 Å². The van der Waals surface area contributed by atoms with Gasteiger partial charge in [-0.3, -0.25) is 18.7 Å². The highest BCUT2D eigenvalue weighted by Crippen LogP contribution is 2.29. The van der Waals surface area contributed by atoms with Crippen LogP contribution >= 0.6 is 11.3 Å². The molecule has 4 aromatic rings. The van der Waals surface area contributed by atoms with Crippen LogP contribution in [0.25, 0.3) is 21.1 Å². The summed E-state index contributed by atoms with van der Waals surface area (Å²) in [7, 11) is 0. The molecule has 2 aromatic carbocycles. The van der Waals surface area contributed by atoms with Gasteiger partial charge in [-0.2, -0.15) is 0 Å². The Labute approximate surface area is 175 Å². The van der Waals surface area contributed by atoms with Gasteiger partial charge in [0.15, 0.2) is 5.13 Å². The first kappa shape index (κ1) is 19.8. The van der Waals surface area contributed by atoms with Crippen LogP contribution in [0.1, 0.15) is 13.8 Å². The SMILES string of the molecule is CCOc1ccc2nc(NC(=O)Cn3c(=O)n(CC)c(=O)c4ccccc43)sc2c1. The van der Waals surface area contributed by atoms with Gasteiger partial charge >= 0.3 is 5.69 Å². The fraction of sp³-hybridized carbons (Fsp3) is 0.238. The van der Waals surface area contributed by atoms with E-state index < -0.39 is 11.6 Å². The number of carbonyl (C=O) groups is 1. The lowest BCUT2D eigenvalue weighted by Crippen LogP contribution is -2.41. The van der Waals surface area contributed by atoms with Crippen LogP contribution in [-0.2, 0) is 17.9 Å². The predicted octanol–water partition coefficient (Wildman–Crippen LogP) is 2.83. The summed E-state index contributed by atoms with van der Waals surface area (Å²) in [5.74, 6) is 0.346. The summed E-state index contributed by atoms with van der Waals surface area (Å²) in [6.45, 7) is 4.20. The number of hydrogen-bond acceptors (Lipinski definition) is 6. The lowest BCUT2D eigenvalue weighted by Gasteiger charge is -2.12. The van der Waals surface area contributed by atoms with E-state index in [-0.39, 0.29) is 18.6 Å². The van der Waals surface area contributed by atoms with E-state index in [4.69, 9.17) is 4.74 Å². The lowest BCUT2D eigenvalue weighted by molar-refractivity contribution is -0.116. The van der Waals surface area contributed by atoms with Crippen LogP contribution in [0.5, 0.6) is 5.75 Å². The number of benzene rings is 2. The molecule has 0 spiro atoms. The Balaban J connectivity index is 1.65. The van der Waals surface area contributed by atoms with Crippen molar-refractivity contribution in [3.05, 3.63) is 63.3 Å². The van der Waals surface area contributed by atoms with E-state index in [1.165, 1.54) is 15.9 Å². The number of hydrogen-bond donors (Lipinski definition) is 1. The van der Waals surface area contributed by atoms with E-state index in [0.717, 1.165) is 20.5 Å². The second-order valence-corrected chi connectivity index (χ2v) is 7.60. The van der Waals surface area contributed by atoms with Crippen LogP contribution in [-0.4, -0.2) is 26.6 Å². The maximum absolute atomic E-state index is 12.8. The molecule has 9 heteroatoms. The first-order chi connectivity index (χ1) is 14.5. The molecule has 154 valence electrons. The molecule has 0 aliphatic heterocycles. The van der Waals surface area contributed by atoms with Gasteiger partial charge in [-0.15, -0.1) is 0 Å². The monoisotopic (exact) mass is 424 g/mol. The standard InChI is InChI=1S/C21H20N4O4S/c1-3-24-19(27)14-7-5-6-8-16(14)25(21(24)28)12-18(26)23-20-22-15-10-9-13(29-4-2)11-17(15)30-20/h5-11H,3-4,12H2,1-2H3,(H,22,23,26). The van der Waals surface area contributed by atoms with Gasteiger partial charge in [0.1, 0.15) is 12.3 Å². The Bertz CT molecular complexity index is 1370. The van der Waals surface area contributed by atoms with Crippen LogP contribution in [0.4, 0.5) is 5.13 Å². The second kappa shape index (κ2) is 8.11. The van der Waals surface area contributed by atoms with Crippen LogP contribution in [0.15, 0.2) is 52.1 Å². The van der Waals surface area contributed by atoms with Crippen molar-refractivity contribution in [2.45, 2.75) is 26.9 Å². The van der Waals surface area contributed by atoms with Crippen molar-refractivity contribution < 1.29 is 9.53 Å². The maximum Gasteiger partial charge on any atom is 0.331 e. The first-order valence-electron chi connectivity index (χ1n) is 9.57. The number of nitrogens with zero attached hydrogens (tertiary/aromatic N) is 3. The van der Waals surface area contributed by atoms with Gasteiger partial charge in [0.05, 0.1) is 27.7 Å². The zero-order valence-electron chi connectivity index (χ0n) is 16.5. The molecule has 0 saturated carbocycles. The Hall–Kier alpha value is -3.46. The number of fused-ring (bicyclic) bond motifs is 2. The molecule has 0 saturated heterocycles. The Morgan fingerprint density at radius 1 is 1.13 bits per heavy atom. The van der Waals surface area contributed by atoms with Crippen molar-refractivity contribution >= 4 is 43.5 Å². The zero-order chi connectivity index (χ0) is 21.3. The molecule has 0 aliphatic rings. The summed E-state index contributed by atoms with van der Waals surface area (Å²) in [4.78, 5) is 42.4. The third-order valence-electron chi connectivity index (χ3n) is 4.67. The minimum Gasteiger partial charge on any atom is -0.494 e. The molecule has 0 unspecified atom stereocenters. The normalized spacial score (nSPS) is 11.1. The number of thiazole rings is 1. The van der Waals surface area contributed by atoms with E-state index in [0.29, 0.717) is 22.6 Å². The van der Waals surface area contributed by atoms with E-state index in [1.807, 2.05) is 25.1 Å². The van der Waals surface area contributed by atoms with Gasteiger partial charge in [0.25, 0.3) is 5.56 Å². The topological polar surface area (TPSA) is 95.2 Å². The smallest absolute Gasteiger partial charge is 0.331 e. The summed E-state index contributed by atoms with van der Waals surface area (Å²) in [5, 5.41) is 3.59. The molecule has 4 rings (SSSR count). The van der Waals surface area contributed by atoms with Crippen LogP contribution < -0.4 is 21.3 Å². The van der Waals surface area contributed by atoms with E-state index in [1.54, 1.807) is 31.2 Å². The Morgan fingerprint density at radius 2 is 1.93 bits per heavy atom. The van der Waals surface area contributed by atoms with Crippen molar-refractivity contribution in [3.8, 4) is 5.75 Å². The highest BCUT2D eigenvalue weighted by atomic mass is 32.1. The molecule has 30 heavy (non-hydrogen) atoms. The van der Waals surface area contributed by atoms with Gasteiger partial charge in [0, 0.05) is 6.54 Å². The lowest BCUT2D eigenvalue weighted by atomic mass is 10.2. The number of ether oxygens (including phenoxy) is 1. The van der Waals surface area contributed by atoms with Crippen molar-refractivity contribution in [3.63, 3.8) is 0 Å². The Morgan fingerprint density at radius 3 is 2.70 bits per heavy atom. The largest absolute Gasteiger partial charge is 0.494 e. The molecule has 0 radical (unpaired) electrons. The van der Waals surface area contributed by atoms with E-state index >= 15 is 0 Å². The molecule has 0 fully saturated rings. The number of anilines is 1. The van der Waals surface area contributed by atoms with E-state index in [2.05, 4.69) is 10.3 Å². The molecule has 8 nitrogen and oxygen atoms in total. The predicted molar refractivity (Wildman–Crippen MR) is 118 cm³/mol. The molecular formula is C21H20N4O4S. The van der Waals surface area contributed by atoms with E-state index in [9.17, 15) is 14.4 Å². The number of amides is 1. The molecule has 1 N–H and O–H groups in total. The fourth-order valence-electron chi connectivity index (χ4n) is 3.32. The van der Waals surface area contributed by atoms with Crippen molar-refractivity contribution in [2.75, 3.05) is 11.9 Å². The van der Waals surface area contributed by atoms with Gasteiger partial charge < -0.3 is 10.1 Å². The number of rotatable bonds is 6. The molecule has 0 aliphatic carbocycles.